The molecule has 1 fully saturated rings. The SMILES string of the molecule is CCC(C)CN1CCCC(C)(C(=O)O)C1. The molecule has 0 spiro atoms. The van der Waals surface area contributed by atoms with Crippen molar-refractivity contribution in [2.24, 2.45) is 11.3 Å². The summed E-state index contributed by atoms with van der Waals surface area (Å²) in [6.45, 7) is 9.11. The first-order chi connectivity index (χ1) is 6.98. The van der Waals surface area contributed by atoms with E-state index in [1.807, 2.05) is 6.92 Å². The van der Waals surface area contributed by atoms with Gasteiger partial charge in [0.25, 0.3) is 0 Å². The van der Waals surface area contributed by atoms with Gasteiger partial charge in [0.15, 0.2) is 0 Å². The van der Waals surface area contributed by atoms with Crippen molar-refractivity contribution < 1.29 is 9.90 Å². The Kier molecular flexibility index (Phi) is 4.14. The molecule has 0 aliphatic carbocycles. The van der Waals surface area contributed by atoms with Gasteiger partial charge in [-0.15, -0.1) is 0 Å². The van der Waals surface area contributed by atoms with E-state index in [1.165, 1.54) is 6.42 Å². The van der Waals surface area contributed by atoms with Gasteiger partial charge in [-0.05, 0) is 32.2 Å². The maximum Gasteiger partial charge on any atom is 0.310 e. The van der Waals surface area contributed by atoms with E-state index in [9.17, 15) is 9.90 Å². The Morgan fingerprint density at radius 1 is 1.60 bits per heavy atom. The molecule has 3 nitrogen and oxygen atoms in total. The van der Waals surface area contributed by atoms with Gasteiger partial charge in [0, 0.05) is 13.1 Å². The second kappa shape index (κ2) is 4.97. The van der Waals surface area contributed by atoms with Gasteiger partial charge in [0.2, 0.25) is 0 Å². The van der Waals surface area contributed by atoms with Crippen LogP contribution in [0.5, 0.6) is 0 Å². The Morgan fingerprint density at radius 2 is 2.27 bits per heavy atom. The van der Waals surface area contributed by atoms with Gasteiger partial charge in [-0.1, -0.05) is 20.3 Å². The van der Waals surface area contributed by atoms with E-state index >= 15 is 0 Å². The molecule has 15 heavy (non-hydrogen) atoms. The van der Waals surface area contributed by atoms with Crippen LogP contribution in [-0.2, 0) is 4.79 Å². The Bertz CT molecular complexity index is 230. The fourth-order valence-corrected chi connectivity index (χ4v) is 2.24. The molecule has 88 valence electrons. The monoisotopic (exact) mass is 213 g/mol. The number of likely N-dealkylation sites (tertiary alicyclic amines) is 1. The van der Waals surface area contributed by atoms with Crippen LogP contribution >= 0.6 is 0 Å². The van der Waals surface area contributed by atoms with Crippen molar-refractivity contribution in [1.29, 1.82) is 0 Å². The number of piperidine rings is 1. The summed E-state index contributed by atoms with van der Waals surface area (Å²) < 4.78 is 0. The third kappa shape index (κ3) is 3.20. The van der Waals surface area contributed by atoms with Gasteiger partial charge >= 0.3 is 5.97 Å². The first-order valence-electron chi connectivity index (χ1n) is 5.93. The second-order valence-electron chi connectivity index (χ2n) is 5.22. The highest BCUT2D eigenvalue weighted by molar-refractivity contribution is 5.74. The average molecular weight is 213 g/mol. The summed E-state index contributed by atoms with van der Waals surface area (Å²) in [6.07, 6.45) is 3.00. The van der Waals surface area contributed by atoms with Crippen LogP contribution in [0.25, 0.3) is 0 Å². The smallest absolute Gasteiger partial charge is 0.310 e. The Balaban J connectivity index is 2.52. The topological polar surface area (TPSA) is 40.5 Å². The predicted molar refractivity (Wildman–Crippen MR) is 60.9 cm³/mol. The van der Waals surface area contributed by atoms with Crippen LogP contribution in [0.3, 0.4) is 0 Å². The van der Waals surface area contributed by atoms with Crippen LogP contribution in [-0.4, -0.2) is 35.6 Å². The zero-order chi connectivity index (χ0) is 11.5. The predicted octanol–water partition coefficient (Wildman–Crippen LogP) is 2.22. The van der Waals surface area contributed by atoms with E-state index in [0.717, 1.165) is 25.9 Å². The highest BCUT2D eigenvalue weighted by Gasteiger charge is 2.37. The van der Waals surface area contributed by atoms with Gasteiger partial charge in [-0.25, -0.2) is 0 Å². The molecular weight excluding hydrogens is 190 g/mol. The maximum absolute atomic E-state index is 11.2. The zero-order valence-electron chi connectivity index (χ0n) is 10.1. The quantitative estimate of drug-likeness (QED) is 0.778. The molecule has 2 atom stereocenters. The van der Waals surface area contributed by atoms with Crippen molar-refractivity contribution in [2.75, 3.05) is 19.6 Å². The van der Waals surface area contributed by atoms with E-state index < -0.39 is 11.4 Å². The lowest BCUT2D eigenvalue weighted by Gasteiger charge is -2.38. The molecule has 0 aromatic carbocycles. The van der Waals surface area contributed by atoms with Crippen LogP contribution < -0.4 is 0 Å². The first kappa shape index (κ1) is 12.5. The number of hydrogen-bond donors (Lipinski definition) is 1. The average Bonchev–Trinajstić information content (AvgIpc) is 2.17. The number of hydrogen-bond acceptors (Lipinski definition) is 2. The van der Waals surface area contributed by atoms with Crippen molar-refractivity contribution >= 4 is 5.97 Å². The number of nitrogens with zero attached hydrogens (tertiary/aromatic N) is 1. The number of aliphatic carboxylic acids is 1. The Labute approximate surface area is 92.5 Å². The van der Waals surface area contributed by atoms with E-state index in [-0.39, 0.29) is 0 Å². The van der Waals surface area contributed by atoms with Gasteiger partial charge in [-0.3, -0.25) is 4.79 Å². The molecule has 1 saturated heterocycles. The summed E-state index contributed by atoms with van der Waals surface area (Å²) in [7, 11) is 0. The van der Waals surface area contributed by atoms with E-state index in [0.29, 0.717) is 12.5 Å². The highest BCUT2D eigenvalue weighted by atomic mass is 16.4. The van der Waals surface area contributed by atoms with Crippen molar-refractivity contribution in [3.8, 4) is 0 Å². The molecule has 1 heterocycles. The Morgan fingerprint density at radius 3 is 2.80 bits per heavy atom. The van der Waals surface area contributed by atoms with Crippen LogP contribution in [0, 0.1) is 11.3 Å². The van der Waals surface area contributed by atoms with E-state index in [1.54, 1.807) is 0 Å². The largest absolute Gasteiger partial charge is 0.481 e. The fraction of sp³-hybridized carbons (Fsp3) is 0.917. The molecule has 2 unspecified atom stereocenters. The molecule has 0 aromatic rings. The lowest BCUT2D eigenvalue weighted by molar-refractivity contribution is -0.151. The number of rotatable bonds is 4. The minimum atomic E-state index is -0.642. The van der Waals surface area contributed by atoms with Crippen LogP contribution in [0.1, 0.15) is 40.0 Å². The van der Waals surface area contributed by atoms with Crippen molar-refractivity contribution in [3.05, 3.63) is 0 Å². The number of carbonyl (C=O) groups is 1. The van der Waals surface area contributed by atoms with Gasteiger partial charge in [-0.2, -0.15) is 0 Å². The second-order valence-corrected chi connectivity index (χ2v) is 5.22. The van der Waals surface area contributed by atoms with E-state index in [2.05, 4.69) is 18.7 Å². The molecule has 0 radical (unpaired) electrons. The van der Waals surface area contributed by atoms with Crippen molar-refractivity contribution in [3.63, 3.8) is 0 Å². The molecule has 0 aromatic heterocycles. The zero-order valence-corrected chi connectivity index (χ0v) is 10.1. The van der Waals surface area contributed by atoms with Crippen LogP contribution in [0.4, 0.5) is 0 Å². The summed E-state index contributed by atoms with van der Waals surface area (Å²) >= 11 is 0. The van der Waals surface area contributed by atoms with E-state index in [4.69, 9.17) is 0 Å². The summed E-state index contributed by atoms with van der Waals surface area (Å²) in [5, 5.41) is 9.18. The lowest BCUT2D eigenvalue weighted by Crippen LogP contribution is -2.47. The standard InChI is InChI=1S/C12H23NO2/c1-4-10(2)8-13-7-5-6-12(3,9-13)11(14)15/h10H,4-9H2,1-3H3,(H,14,15). The van der Waals surface area contributed by atoms with Crippen molar-refractivity contribution in [1.82, 2.24) is 4.90 Å². The van der Waals surface area contributed by atoms with Gasteiger partial charge < -0.3 is 10.0 Å². The minimum absolute atomic E-state index is 0.522. The van der Waals surface area contributed by atoms with Gasteiger partial charge in [0.05, 0.1) is 5.41 Å². The van der Waals surface area contributed by atoms with Crippen LogP contribution in [0.2, 0.25) is 0 Å². The molecule has 0 saturated carbocycles. The molecule has 0 amide bonds. The molecular formula is C12H23NO2. The summed E-state index contributed by atoms with van der Waals surface area (Å²) in [6, 6.07) is 0. The first-order valence-corrected chi connectivity index (χ1v) is 5.93. The molecule has 1 N–H and O–H groups in total. The molecule has 3 heteroatoms. The molecule has 1 aliphatic rings. The Hall–Kier alpha value is -0.570. The van der Waals surface area contributed by atoms with Gasteiger partial charge in [0.1, 0.15) is 0 Å². The number of carboxylic acid groups (broad SMARTS) is 1. The highest BCUT2D eigenvalue weighted by Crippen LogP contribution is 2.30. The lowest BCUT2D eigenvalue weighted by atomic mass is 9.82. The fourth-order valence-electron chi connectivity index (χ4n) is 2.24. The molecule has 0 bridgehead atoms. The number of carboxylic acids is 1. The summed E-state index contributed by atoms with van der Waals surface area (Å²) in [4.78, 5) is 13.5. The third-order valence-electron chi connectivity index (χ3n) is 3.56. The molecule has 1 aliphatic heterocycles. The van der Waals surface area contributed by atoms with Crippen LogP contribution in [0.15, 0.2) is 0 Å². The summed E-state index contributed by atoms with van der Waals surface area (Å²) in [5.74, 6) is 0.0255. The minimum Gasteiger partial charge on any atom is -0.481 e. The molecule has 1 rings (SSSR count). The maximum atomic E-state index is 11.2. The third-order valence-corrected chi connectivity index (χ3v) is 3.56. The van der Waals surface area contributed by atoms with Crippen molar-refractivity contribution in [2.45, 2.75) is 40.0 Å². The normalized spacial score (nSPS) is 30.1. The summed E-state index contributed by atoms with van der Waals surface area (Å²) in [5.41, 5.74) is -0.522.